The maximum Gasteiger partial charge on any atom is 0.248 e. The summed E-state index contributed by atoms with van der Waals surface area (Å²) < 4.78 is 30.5. The molecule has 0 aliphatic carbocycles. The summed E-state index contributed by atoms with van der Waals surface area (Å²) in [7, 11) is -2.68. The van der Waals surface area contributed by atoms with Gasteiger partial charge in [0, 0.05) is 23.5 Å². The molecule has 0 saturated carbocycles. The number of methoxy groups -OCH3 is 1. The number of carbonyl (C=O) groups is 1. The molecule has 2 heterocycles. The molecule has 4 rings (SSSR count). The lowest BCUT2D eigenvalue weighted by Crippen LogP contribution is -2.15. The zero-order valence-corrected chi connectivity index (χ0v) is 19.8. The second kappa shape index (κ2) is 10.0. The minimum absolute atomic E-state index is 0.0995. The molecule has 34 heavy (non-hydrogen) atoms. The first-order valence-electron chi connectivity index (χ1n) is 10.2. The Labute approximate surface area is 201 Å². The SMILES string of the molecule is COc1ccc(NC(=O)/C=C/c2cn(Cc3ccccc3)nc2-c2cccs2)cc1S(N)(=O)=O. The van der Waals surface area contributed by atoms with Crippen LogP contribution in [0.3, 0.4) is 0 Å². The first-order chi connectivity index (χ1) is 16.3. The highest BCUT2D eigenvalue weighted by Gasteiger charge is 2.16. The van der Waals surface area contributed by atoms with Gasteiger partial charge in [0.15, 0.2) is 0 Å². The summed E-state index contributed by atoms with van der Waals surface area (Å²) in [5.74, 6) is -0.332. The maximum atomic E-state index is 12.6. The summed E-state index contributed by atoms with van der Waals surface area (Å²) >= 11 is 1.56. The number of nitrogens with zero attached hydrogens (tertiary/aromatic N) is 2. The molecule has 10 heteroatoms. The van der Waals surface area contributed by atoms with Gasteiger partial charge in [-0.3, -0.25) is 9.48 Å². The quantitative estimate of drug-likeness (QED) is 0.360. The van der Waals surface area contributed by atoms with Gasteiger partial charge >= 0.3 is 0 Å². The number of aromatic nitrogens is 2. The molecule has 4 aromatic rings. The van der Waals surface area contributed by atoms with Gasteiger partial charge in [0.05, 0.1) is 18.5 Å². The van der Waals surface area contributed by atoms with Gasteiger partial charge in [0.1, 0.15) is 16.3 Å². The van der Waals surface area contributed by atoms with E-state index < -0.39 is 15.9 Å². The van der Waals surface area contributed by atoms with Crippen LogP contribution in [0.4, 0.5) is 5.69 Å². The normalized spacial score (nSPS) is 11.6. The van der Waals surface area contributed by atoms with E-state index in [0.29, 0.717) is 6.54 Å². The topological polar surface area (TPSA) is 116 Å². The number of ether oxygens (including phenoxy) is 1. The van der Waals surface area contributed by atoms with Crippen LogP contribution in [0.15, 0.2) is 83.2 Å². The summed E-state index contributed by atoms with van der Waals surface area (Å²) in [4.78, 5) is 13.3. The van der Waals surface area contributed by atoms with E-state index in [1.54, 1.807) is 17.4 Å². The van der Waals surface area contributed by atoms with Gasteiger partial charge in [-0.05, 0) is 41.3 Å². The Morgan fingerprint density at radius 1 is 1.18 bits per heavy atom. The zero-order valence-electron chi connectivity index (χ0n) is 18.2. The third-order valence-electron chi connectivity index (χ3n) is 4.88. The number of sulfonamides is 1. The lowest BCUT2D eigenvalue weighted by molar-refractivity contribution is -0.111. The number of thiophene rings is 1. The smallest absolute Gasteiger partial charge is 0.248 e. The minimum atomic E-state index is -4.02. The van der Waals surface area contributed by atoms with Crippen molar-refractivity contribution in [3.8, 4) is 16.3 Å². The number of nitrogens with one attached hydrogen (secondary N) is 1. The summed E-state index contributed by atoms with van der Waals surface area (Å²) in [6.07, 6.45) is 4.95. The summed E-state index contributed by atoms with van der Waals surface area (Å²) in [6.45, 7) is 0.599. The molecular formula is C24H22N4O4S2. The average Bonchev–Trinajstić information content (AvgIpc) is 3.48. The Morgan fingerprint density at radius 3 is 2.65 bits per heavy atom. The van der Waals surface area contributed by atoms with Crippen molar-refractivity contribution in [3.05, 3.63) is 89.4 Å². The number of primary sulfonamides is 1. The molecule has 2 aromatic carbocycles. The number of carbonyl (C=O) groups excluding carboxylic acids is 1. The Morgan fingerprint density at radius 2 is 1.97 bits per heavy atom. The molecule has 3 N–H and O–H groups in total. The van der Waals surface area contributed by atoms with Crippen LogP contribution < -0.4 is 15.2 Å². The molecule has 0 radical (unpaired) electrons. The molecule has 0 aliphatic rings. The highest BCUT2D eigenvalue weighted by atomic mass is 32.2. The van der Waals surface area contributed by atoms with E-state index in [9.17, 15) is 13.2 Å². The van der Waals surface area contributed by atoms with Gasteiger partial charge in [-0.15, -0.1) is 11.3 Å². The summed E-state index contributed by atoms with van der Waals surface area (Å²) in [6, 6.07) is 18.1. The number of nitrogens with two attached hydrogens (primary N) is 1. The predicted molar refractivity (Wildman–Crippen MR) is 133 cm³/mol. The zero-order chi connectivity index (χ0) is 24.1. The van der Waals surface area contributed by atoms with Crippen molar-refractivity contribution in [1.82, 2.24) is 9.78 Å². The standard InChI is InChI=1S/C24H22N4O4S2/c1-32-20-11-10-19(14-22(20)34(25,30)31)26-23(29)12-9-18-16-28(15-17-6-3-2-4-7-17)27-24(18)21-8-5-13-33-21/h2-14,16H,15H2,1H3,(H,26,29)(H2,25,30,31)/b12-9+. The van der Waals surface area contributed by atoms with Gasteiger partial charge in [0.25, 0.3) is 0 Å². The first-order valence-corrected chi connectivity index (χ1v) is 12.6. The first kappa shape index (κ1) is 23.4. The lowest BCUT2D eigenvalue weighted by atomic mass is 10.2. The molecular weight excluding hydrogens is 472 g/mol. The molecule has 8 nitrogen and oxygen atoms in total. The van der Waals surface area contributed by atoms with Crippen molar-refractivity contribution >= 4 is 39.0 Å². The van der Waals surface area contributed by atoms with E-state index in [-0.39, 0.29) is 16.3 Å². The molecule has 0 atom stereocenters. The van der Waals surface area contributed by atoms with Crippen molar-refractivity contribution in [3.63, 3.8) is 0 Å². The molecule has 0 unspecified atom stereocenters. The molecule has 2 aromatic heterocycles. The lowest BCUT2D eigenvalue weighted by Gasteiger charge is -2.09. The van der Waals surface area contributed by atoms with Crippen LogP contribution in [-0.2, 0) is 21.4 Å². The molecule has 0 fully saturated rings. The van der Waals surface area contributed by atoms with E-state index in [1.807, 2.05) is 58.7 Å². The number of hydrogen-bond acceptors (Lipinski definition) is 6. The average molecular weight is 495 g/mol. The van der Waals surface area contributed by atoms with Crippen LogP contribution in [-0.4, -0.2) is 31.2 Å². The van der Waals surface area contributed by atoms with Crippen LogP contribution in [0.1, 0.15) is 11.1 Å². The maximum absolute atomic E-state index is 12.6. The molecule has 174 valence electrons. The van der Waals surface area contributed by atoms with Crippen LogP contribution in [0.5, 0.6) is 5.75 Å². The van der Waals surface area contributed by atoms with Gasteiger partial charge in [0.2, 0.25) is 15.9 Å². The fourth-order valence-corrected chi connectivity index (χ4v) is 4.80. The Kier molecular flexibility index (Phi) is 6.92. The van der Waals surface area contributed by atoms with Crippen LogP contribution >= 0.6 is 11.3 Å². The van der Waals surface area contributed by atoms with Crippen molar-refractivity contribution in [2.75, 3.05) is 12.4 Å². The fourth-order valence-electron chi connectivity index (χ4n) is 3.34. The number of benzene rings is 2. The van der Waals surface area contributed by atoms with E-state index in [2.05, 4.69) is 5.32 Å². The Hall–Kier alpha value is -3.73. The van der Waals surface area contributed by atoms with E-state index in [1.165, 1.54) is 31.4 Å². The summed E-state index contributed by atoms with van der Waals surface area (Å²) in [5.41, 5.74) is 2.95. The van der Waals surface area contributed by atoms with Gasteiger partial charge in [-0.1, -0.05) is 36.4 Å². The number of hydrogen-bond donors (Lipinski definition) is 2. The van der Waals surface area contributed by atoms with E-state index in [0.717, 1.165) is 21.7 Å². The monoisotopic (exact) mass is 494 g/mol. The number of rotatable bonds is 8. The second-order valence-electron chi connectivity index (χ2n) is 7.33. The highest BCUT2D eigenvalue weighted by molar-refractivity contribution is 7.89. The molecule has 0 spiro atoms. The third kappa shape index (κ3) is 5.60. The molecule has 1 amide bonds. The van der Waals surface area contributed by atoms with Crippen LogP contribution in [0.2, 0.25) is 0 Å². The fraction of sp³-hybridized carbons (Fsp3) is 0.0833. The molecule has 0 aliphatic heterocycles. The number of anilines is 1. The Bertz CT molecular complexity index is 1430. The van der Waals surface area contributed by atoms with Crippen molar-refractivity contribution in [2.45, 2.75) is 11.4 Å². The predicted octanol–water partition coefficient (Wildman–Crippen LogP) is 3.97. The van der Waals surface area contributed by atoms with Crippen LogP contribution in [0, 0.1) is 0 Å². The Balaban J connectivity index is 1.56. The van der Waals surface area contributed by atoms with E-state index >= 15 is 0 Å². The van der Waals surface area contributed by atoms with Gasteiger partial charge < -0.3 is 10.1 Å². The van der Waals surface area contributed by atoms with Crippen molar-refractivity contribution in [2.24, 2.45) is 5.14 Å². The highest BCUT2D eigenvalue weighted by Crippen LogP contribution is 2.28. The third-order valence-corrected chi connectivity index (χ3v) is 6.69. The minimum Gasteiger partial charge on any atom is -0.495 e. The van der Waals surface area contributed by atoms with Crippen molar-refractivity contribution in [1.29, 1.82) is 0 Å². The van der Waals surface area contributed by atoms with Gasteiger partial charge in [-0.2, -0.15) is 5.10 Å². The number of amides is 1. The van der Waals surface area contributed by atoms with Gasteiger partial charge in [-0.25, -0.2) is 13.6 Å². The van der Waals surface area contributed by atoms with E-state index in [4.69, 9.17) is 15.0 Å². The molecule has 0 saturated heterocycles. The van der Waals surface area contributed by atoms with Crippen LogP contribution in [0.25, 0.3) is 16.6 Å². The van der Waals surface area contributed by atoms with Crippen molar-refractivity contribution < 1.29 is 17.9 Å². The largest absolute Gasteiger partial charge is 0.495 e. The second-order valence-corrected chi connectivity index (χ2v) is 9.80. The molecule has 0 bridgehead atoms. The summed E-state index contributed by atoms with van der Waals surface area (Å²) in [5, 5.41) is 14.6.